The second-order valence-corrected chi connectivity index (χ2v) is 4.49. The van der Waals surface area contributed by atoms with Crippen LogP contribution in [0.5, 0.6) is 0 Å². The highest BCUT2D eigenvalue weighted by atomic mass is 35.5. The highest BCUT2D eigenvalue weighted by Crippen LogP contribution is 2.20. The van der Waals surface area contributed by atoms with E-state index in [4.69, 9.17) is 11.6 Å². The molecule has 1 aliphatic rings. The average Bonchev–Trinajstić information content (AvgIpc) is 2.38. The number of nitrogens with one attached hydrogen (secondary N) is 1. The van der Waals surface area contributed by atoms with Crippen LogP contribution in [-0.2, 0) is 6.42 Å². The minimum absolute atomic E-state index is 0.781. The molecule has 0 aromatic heterocycles. The summed E-state index contributed by atoms with van der Waals surface area (Å²) in [6, 6.07) is 10.5. The van der Waals surface area contributed by atoms with E-state index in [0.717, 1.165) is 30.0 Å². The zero-order chi connectivity index (χ0) is 12.1. The third-order valence-corrected chi connectivity index (χ3v) is 3.24. The van der Waals surface area contributed by atoms with Gasteiger partial charge in [0.15, 0.2) is 0 Å². The van der Waals surface area contributed by atoms with Crippen molar-refractivity contribution in [1.29, 1.82) is 0 Å². The van der Waals surface area contributed by atoms with E-state index in [-0.39, 0.29) is 0 Å². The standard InChI is InChI=1S/C15H16ClN/c1-2-13-11-17-14(10-15(13)16)9-8-12-6-4-3-5-7-12/h2-7,10,17H,1,8-9,11H2. The largest absolute Gasteiger partial charge is 0.384 e. The number of hydrogen-bond donors (Lipinski definition) is 1. The molecule has 0 unspecified atom stereocenters. The van der Waals surface area contributed by atoms with Crippen molar-refractivity contribution in [3.63, 3.8) is 0 Å². The first-order valence-electron chi connectivity index (χ1n) is 5.79. The predicted molar refractivity (Wildman–Crippen MR) is 73.9 cm³/mol. The van der Waals surface area contributed by atoms with Crippen molar-refractivity contribution in [2.24, 2.45) is 0 Å². The Labute approximate surface area is 107 Å². The predicted octanol–water partition coefficient (Wildman–Crippen LogP) is 3.79. The summed E-state index contributed by atoms with van der Waals surface area (Å²) in [5.41, 5.74) is 3.62. The molecule has 1 aliphatic heterocycles. The van der Waals surface area contributed by atoms with E-state index in [1.54, 1.807) is 6.08 Å². The molecule has 0 fully saturated rings. The van der Waals surface area contributed by atoms with Gasteiger partial charge in [0, 0.05) is 17.3 Å². The molecule has 2 heteroatoms. The quantitative estimate of drug-likeness (QED) is 0.851. The number of aryl methyl sites for hydroxylation is 1. The van der Waals surface area contributed by atoms with Gasteiger partial charge in [-0.15, -0.1) is 0 Å². The number of rotatable bonds is 4. The fourth-order valence-corrected chi connectivity index (χ4v) is 2.12. The first-order chi connectivity index (χ1) is 8.29. The first-order valence-corrected chi connectivity index (χ1v) is 6.17. The summed E-state index contributed by atoms with van der Waals surface area (Å²) in [4.78, 5) is 0. The van der Waals surface area contributed by atoms with Crippen LogP contribution in [0.25, 0.3) is 0 Å². The Morgan fingerprint density at radius 1 is 1.24 bits per heavy atom. The molecule has 17 heavy (non-hydrogen) atoms. The van der Waals surface area contributed by atoms with Gasteiger partial charge in [0.25, 0.3) is 0 Å². The molecule has 0 saturated carbocycles. The summed E-state index contributed by atoms with van der Waals surface area (Å²) in [7, 11) is 0. The second-order valence-electron chi connectivity index (χ2n) is 4.09. The molecule has 0 aliphatic carbocycles. The van der Waals surface area contributed by atoms with Crippen LogP contribution >= 0.6 is 11.6 Å². The Morgan fingerprint density at radius 2 is 2.00 bits per heavy atom. The van der Waals surface area contributed by atoms with Gasteiger partial charge in [-0.05, 0) is 30.1 Å². The number of benzene rings is 1. The molecule has 0 radical (unpaired) electrons. The summed E-state index contributed by atoms with van der Waals surface area (Å²) >= 11 is 6.15. The maximum Gasteiger partial charge on any atom is 0.0472 e. The SMILES string of the molecule is C=CC1=C(Cl)C=C(CCc2ccccc2)NC1. The van der Waals surface area contributed by atoms with Gasteiger partial charge in [-0.1, -0.05) is 54.6 Å². The van der Waals surface area contributed by atoms with Gasteiger partial charge in [-0.3, -0.25) is 0 Å². The fraction of sp³-hybridized carbons (Fsp3) is 0.200. The van der Waals surface area contributed by atoms with E-state index >= 15 is 0 Å². The number of allylic oxidation sites excluding steroid dienone is 3. The lowest BCUT2D eigenvalue weighted by Gasteiger charge is -2.17. The molecule has 1 heterocycles. The zero-order valence-corrected chi connectivity index (χ0v) is 10.5. The Balaban J connectivity index is 1.97. The topological polar surface area (TPSA) is 12.0 Å². The molecular formula is C15H16ClN. The second kappa shape index (κ2) is 5.74. The lowest BCUT2D eigenvalue weighted by atomic mass is 10.1. The van der Waals surface area contributed by atoms with E-state index in [9.17, 15) is 0 Å². The van der Waals surface area contributed by atoms with Crippen molar-refractivity contribution in [3.8, 4) is 0 Å². The lowest BCUT2D eigenvalue weighted by Crippen LogP contribution is -2.20. The van der Waals surface area contributed by atoms with Gasteiger partial charge >= 0.3 is 0 Å². The molecule has 1 aromatic carbocycles. The molecule has 1 N–H and O–H groups in total. The third kappa shape index (κ3) is 3.24. The van der Waals surface area contributed by atoms with Crippen LogP contribution < -0.4 is 5.32 Å². The van der Waals surface area contributed by atoms with Crippen LogP contribution in [0.3, 0.4) is 0 Å². The average molecular weight is 246 g/mol. The lowest BCUT2D eigenvalue weighted by molar-refractivity contribution is 0.777. The molecule has 0 spiro atoms. The molecule has 2 rings (SSSR count). The summed E-state index contributed by atoms with van der Waals surface area (Å²) in [5.74, 6) is 0. The number of dihydropyridines is 1. The van der Waals surface area contributed by atoms with E-state index in [0.29, 0.717) is 0 Å². The number of halogens is 1. The van der Waals surface area contributed by atoms with Crippen molar-refractivity contribution in [3.05, 3.63) is 70.9 Å². The van der Waals surface area contributed by atoms with E-state index < -0.39 is 0 Å². The smallest absolute Gasteiger partial charge is 0.0472 e. The maximum atomic E-state index is 6.15. The molecule has 88 valence electrons. The monoisotopic (exact) mass is 245 g/mol. The molecule has 0 saturated heterocycles. The minimum Gasteiger partial charge on any atom is -0.384 e. The Hall–Kier alpha value is -1.47. The van der Waals surface area contributed by atoms with Crippen molar-refractivity contribution in [2.75, 3.05) is 6.54 Å². The van der Waals surface area contributed by atoms with Crippen LogP contribution in [0.15, 0.2) is 65.4 Å². The summed E-state index contributed by atoms with van der Waals surface area (Å²) < 4.78 is 0. The first kappa shape index (κ1) is 12.0. The molecule has 0 bridgehead atoms. The van der Waals surface area contributed by atoms with Gasteiger partial charge in [0.1, 0.15) is 0 Å². The zero-order valence-electron chi connectivity index (χ0n) is 9.75. The van der Waals surface area contributed by atoms with Crippen LogP contribution in [0, 0.1) is 0 Å². The van der Waals surface area contributed by atoms with Gasteiger partial charge in [-0.2, -0.15) is 0 Å². The Morgan fingerprint density at radius 3 is 2.65 bits per heavy atom. The van der Waals surface area contributed by atoms with Crippen LogP contribution in [0.1, 0.15) is 12.0 Å². The van der Waals surface area contributed by atoms with Gasteiger partial charge in [-0.25, -0.2) is 0 Å². The molecule has 1 aromatic rings. The van der Waals surface area contributed by atoms with Crippen molar-refractivity contribution in [1.82, 2.24) is 5.32 Å². The van der Waals surface area contributed by atoms with Crippen LogP contribution in [0.2, 0.25) is 0 Å². The molecule has 0 amide bonds. The highest BCUT2D eigenvalue weighted by Gasteiger charge is 2.08. The minimum atomic E-state index is 0.781. The molecule has 0 atom stereocenters. The third-order valence-electron chi connectivity index (χ3n) is 2.89. The van der Waals surface area contributed by atoms with E-state index in [1.165, 1.54) is 11.3 Å². The van der Waals surface area contributed by atoms with Gasteiger partial charge in [0.05, 0.1) is 0 Å². The Bertz CT molecular complexity index is 457. The maximum absolute atomic E-state index is 6.15. The number of hydrogen-bond acceptors (Lipinski definition) is 1. The van der Waals surface area contributed by atoms with Gasteiger partial charge in [0.2, 0.25) is 0 Å². The molecule has 1 nitrogen and oxygen atoms in total. The molecular weight excluding hydrogens is 230 g/mol. The van der Waals surface area contributed by atoms with Crippen molar-refractivity contribution < 1.29 is 0 Å². The van der Waals surface area contributed by atoms with Crippen molar-refractivity contribution in [2.45, 2.75) is 12.8 Å². The Kier molecular flexibility index (Phi) is 4.05. The van der Waals surface area contributed by atoms with E-state index in [2.05, 4.69) is 36.2 Å². The fourth-order valence-electron chi connectivity index (χ4n) is 1.84. The van der Waals surface area contributed by atoms with E-state index in [1.807, 2.05) is 12.1 Å². The normalized spacial score (nSPS) is 15.2. The summed E-state index contributed by atoms with van der Waals surface area (Å²) in [6.07, 6.45) is 5.84. The highest BCUT2D eigenvalue weighted by molar-refractivity contribution is 6.31. The van der Waals surface area contributed by atoms with Crippen LogP contribution in [-0.4, -0.2) is 6.54 Å². The van der Waals surface area contributed by atoms with Crippen LogP contribution in [0.4, 0.5) is 0 Å². The summed E-state index contributed by atoms with van der Waals surface area (Å²) in [6.45, 7) is 4.52. The summed E-state index contributed by atoms with van der Waals surface area (Å²) in [5, 5.41) is 4.18. The van der Waals surface area contributed by atoms with Crippen molar-refractivity contribution >= 4 is 11.6 Å². The van der Waals surface area contributed by atoms with Gasteiger partial charge < -0.3 is 5.32 Å².